The number of hydrogen-bond acceptors (Lipinski definition) is 3. The third kappa shape index (κ3) is 1.68. The fraction of sp³-hybridized carbons (Fsp3) is 0.833. The molecule has 58 valence electrons. The van der Waals surface area contributed by atoms with Crippen molar-refractivity contribution < 1.29 is 9.90 Å². The van der Waals surface area contributed by atoms with Crippen LogP contribution in [0.15, 0.2) is 0 Å². The summed E-state index contributed by atoms with van der Waals surface area (Å²) in [6.45, 7) is 0.329. The fourth-order valence-electron chi connectivity index (χ4n) is 0.826. The van der Waals surface area contributed by atoms with Gasteiger partial charge in [-0.25, -0.2) is 0 Å². The Morgan fingerprint density at radius 1 is 1.80 bits per heavy atom. The van der Waals surface area contributed by atoms with Gasteiger partial charge in [0.2, 0.25) is 5.91 Å². The lowest BCUT2D eigenvalue weighted by Crippen LogP contribution is -2.29. The molecule has 4 nitrogen and oxygen atoms in total. The molecule has 0 aliphatic heterocycles. The predicted octanol–water partition coefficient (Wildman–Crippen LogP) is -1.56. The van der Waals surface area contributed by atoms with E-state index in [1.807, 2.05) is 0 Å². The molecular weight excluding hydrogens is 132 g/mol. The molecule has 0 aromatic heterocycles. The minimum absolute atomic E-state index is 0.00606. The summed E-state index contributed by atoms with van der Waals surface area (Å²) in [5, 5.41) is 10.9. The first-order valence-corrected chi connectivity index (χ1v) is 3.40. The molecule has 4 N–H and O–H groups in total. The molecule has 1 fully saturated rings. The van der Waals surface area contributed by atoms with Crippen molar-refractivity contribution in [2.24, 2.45) is 11.7 Å². The zero-order chi connectivity index (χ0) is 7.56. The lowest BCUT2D eigenvalue weighted by atomic mass is 10.4. The Hall–Kier alpha value is -0.610. The van der Waals surface area contributed by atoms with Crippen molar-refractivity contribution in [1.29, 1.82) is 0 Å². The van der Waals surface area contributed by atoms with E-state index in [1.165, 1.54) is 0 Å². The Morgan fingerprint density at radius 2 is 2.40 bits per heavy atom. The molecular formula is C6H12N2O2. The molecule has 0 radical (unpaired) electrons. The van der Waals surface area contributed by atoms with Gasteiger partial charge >= 0.3 is 0 Å². The van der Waals surface area contributed by atoms with E-state index in [-0.39, 0.29) is 24.5 Å². The van der Waals surface area contributed by atoms with E-state index in [0.717, 1.165) is 6.42 Å². The summed E-state index contributed by atoms with van der Waals surface area (Å²) < 4.78 is 0. The summed E-state index contributed by atoms with van der Waals surface area (Å²) >= 11 is 0. The van der Waals surface area contributed by atoms with Gasteiger partial charge in [-0.15, -0.1) is 0 Å². The molecule has 1 amide bonds. The van der Waals surface area contributed by atoms with Gasteiger partial charge in [0.1, 0.15) is 0 Å². The average molecular weight is 144 g/mol. The van der Waals surface area contributed by atoms with Crippen LogP contribution < -0.4 is 11.1 Å². The third-order valence-electron chi connectivity index (χ3n) is 1.59. The van der Waals surface area contributed by atoms with Crippen molar-refractivity contribution in [3.05, 3.63) is 0 Å². The molecule has 0 bridgehead atoms. The minimum atomic E-state index is -0.0263. The predicted molar refractivity (Wildman–Crippen MR) is 36.2 cm³/mol. The van der Waals surface area contributed by atoms with Crippen LogP contribution in [0.4, 0.5) is 0 Å². The largest absolute Gasteiger partial charge is 0.395 e. The van der Waals surface area contributed by atoms with Crippen molar-refractivity contribution in [1.82, 2.24) is 5.32 Å². The van der Waals surface area contributed by atoms with Gasteiger partial charge in [0.25, 0.3) is 0 Å². The fourth-order valence-corrected chi connectivity index (χ4v) is 0.826. The quantitative estimate of drug-likeness (QED) is 0.448. The number of nitrogens with two attached hydrogens (primary N) is 1. The smallest absolute Gasteiger partial charge is 0.224 e. The summed E-state index contributed by atoms with van der Waals surface area (Å²) in [6, 6.07) is 0.0543. The van der Waals surface area contributed by atoms with Gasteiger partial charge in [0.05, 0.1) is 12.5 Å². The zero-order valence-electron chi connectivity index (χ0n) is 5.71. The summed E-state index contributed by atoms with van der Waals surface area (Å²) in [6.07, 6.45) is 0.789. The molecule has 2 atom stereocenters. The maximum atomic E-state index is 10.9. The van der Waals surface area contributed by atoms with Gasteiger partial charge in [-0.2, -0.15) is 0 Å². The second-order valence-electron chi connectivity index (χ2n) is 2.52. The molecule has 0 aromatic carbocycles. The van der Waals surface area contributed by atoms with Gasteiger partial charge in [-0.1, -0.05) is 0 Å². The normalized spacial score (nSPS) is 29.8. The monoisotopic (exact) mass is 144 g/mol. The first-order chi connectivity index (χ1) is 4.75. The Balaban J connectivity index is 2.11. The number of carbonyl (C=O) groups is 1. The zero-order valence-corrected chi connectivity index (χ0v) is 5.71. The van der Waals surface area contributed by atoms with Crippen molar-refractivity contribution in [3.63, 3.8) is 0 Å². The van der Waals surface area contributed by atoms with Crippen LogP contribution >= 0.6 is 0 Å². The van der Waals surface area contributed by atoms with Gasteiger partial charge in [-0.05, 0) is 6.42 Å². The Labute approximate surface area is 59.4 Å². The lowest BCUT2D eigenvalue weighted by molar-refractivity contribution is -0.122. The molecule has 10 heavy (non-hydrogen) atoms. The van der Waals surface area contributed by atoms with Crippen LogP contribution in [0.3, 0.4) is 0 Å². The summed E-state index contributed by atoms with van der Waals surface area (Å²) in [5.41, 5.74) is 5.42. The molecule has 0 saturated heterocycles. The number of amides is 1. The number of nitrogens with one attached hydrogen (secondary N) is 1. The molecule has 2 unspecified atom stereocenters. The number of aliphatic hydroxyl groups excluding tert-OH is 1. The van der Waals surface area contributed by atoms with Crippen LogP contribution in [0.1, 0.15) is 6.42 Å². The number of aliphatic hydroxyl groups is 1. The first-order valence-electron chi connectivity index (χ1n) is 3.40. The highest BCUT2D eigenvalue weighted by Crippen LogP contribution is 2.27. The molecule has 1 aliphatic carbocycles. The van der Waals surface area contributed by atoms with E-state index in [2.05, 4.69) is 5.32 Å². The van der Waals surface area contributed by atoms with E-state index in [0.29, 0.717) is 6.54 Å². The van der Waals surface area contributed by atoms with E-state index < -0.39 is 0 Å². The highest BCUT2D eigenvalue weighted by Gasteiger charge is 2.39. The van der Waals surface area contributed by atoms with Crippen LogP contribution in [-0.2, 0) is 4.79 Å². The SMILES string of the molecule is NC1CC1C(=O)NCCO. The van der Waals surface area contributed by atoms with Crippen LogP contribution in [0.2, 0.25) is 0 Å². The van der Waals surface area contributed by atoms with Crippen molar-refractivity contribution >= 4 is 5.91 Å². The molecule has 0 aromatic rings. The van der Waals surface area contributed by atoms with Crippen LogP contribution in [-0.4, -0.2) is 30.2 Å². The van der Waals surface area contributed by atoms with Gasteiger partial charge in [-0.3, -0.25) is 4.79 Å². The lowest BCUT2D eigenvalue weighted by Gasteiger charge is -1.99. The third-order valence-corrected chi connectivity index (χ3v) is 1.59. The van der Waals surface area contributed by atoms with Gasteiger partial charge < -0.3 is 16.2 Å². The van der Waals surface area contributed by atoms with Crippen molar-refractivity contribution in [2.75, 3.05) is 13.2 Å². The second kappa shape index (κ2) is 2.98. The highest BCUT2D eigenvalue weighted by atomic mass is 16.3. The van der Waals surface area contributed by atoms with Crippen LogP contribution in [0, 0.1) is 5.92 Å². The maximum Gasteiger partial charge on any atom is 0.224 e. The van der Waals surface area contributed by atoms with Gasteiger partial charge in [0, 0.05) is 12.6 Å². The summed E-state index contributed by atoms with van der Waals surface area (Å²) in [7, 11) is 0. The molecule has 0 heterocycles. The molecule has 1 aliphatic rings. The first kappa shape index (κ1) is 7.50. The van der Waals surface area contributed by atoms with E-state index >= 15 is 0 Å². The number of rotatable bonds is 3. The van der Waals surface area contributed by atoms with Gasteiger partial charge in [0.15, 0.2) is 0 Å². The Kier molecular flexibility index (Phi) is 2.24. The average Bonchev–Trinajstić information content (AvgIpc) is 2.62. The Morgan fingerprint density at radius 3 is 2.80 bits per heavy atom. The van der Waals surface area contributed by atoms with Crippen LogP contribution in [0.25, 0.3) is 0 Å². The topological polar surface area (TPSA) is 75.4 Å². The maximum absolute atomic E-state index is 10.9. The molecule has 0 spiro atoms. The molecule has 4 heteroatoms. The molecule has 1 rings (SSSR count). The second-order valence-corrected chi connectivity index (χ2v) is 2.52. The summed E-state index contributed by atoms with van der Waals surface area (Å²) in [4.78, 5) is 10.9. The minimum Gasteiger partial charge on any atom is -0.395 e. The van der Waals surface area contributed by atoms with E-state index in [9.17, 15) is 4.79 Å². The van der Waals surface area contributed by atoms with Crippen molar-refractivity contribution in [3.8, 4) is 0 Å². The molecule has 1 saturated carbocycles. The standard InChI is InChI=1S/C6H12N2O2/c7-5-3-4(5)6(10)8-1-2-9/h4-5,9H,1-3,7H2,(H,8,10). The van der Waals surface area contributed by atoms with E-state index in [1.54, 1.807) is 0 Å². The van der Waals surface area contributed by atoms with Crippen LogP contribution in [0.5, 0.6) is 0 Å². The van der Waals surface area contributed by atoms with Crippen molar-refractivity contribution in [2.45, 2.75) is 12.5 Å². The Bertz CT molecular complexity index is 138. The number of carbonyl (C=O) groups excluding carboxylic acids is 1. The number of hydrogen-bond donors (Lipinski definition) is 3. The highest BCUT2D eigenvalue weighted by molar-refractivity contribution is 5.82. The summed E-state index contributed by atoms with van der Waals surface area (Å²) in [5.74, 6) is -0.0203. The van der Waals surface area contributed by atoms with E-state index in [4.69, 9.17) is 10.8 Å².